The van der Waals surface area contributed by atoms with Crippen LogP contribution in [0.4, 0.5) is 0 Å². The van der Waals surface area contributed by atoms with E-state index in [0.29, 0.717) is 12.8 Å². The summed E-state index contributed by atoms with van der Waals surface area (Å²) < 4.78 is 0. The Labute approximate surface area is 152 Å². The third-order valence-corrected chi connectivity index (χ3v) is 5.59. The van der Waals surface area contributed by atoms with Crippen molar-refractivity contribution in [3.8, 4) is 0 Å². The van der Waals surface area contributed by atoms with Crippen molar-refractivity contribution in [3.63, 3.8) is 0 Å². The van der Waals surface area contributed by atoms with Gasteiger partial charge in [-0.1, -0.05) is 65.0 Å². The molecule has 4 nitrogen and oxygen atoms in total. The molecule has 0 aliphatic rings. The van der Waals surface area contributed by atoms with Gasteiger partial charge in [0.2, 0.25) is 5.91 Å². The molecule has 0 fully saturated rings. The number of Topliss-reactive ketones (excluding diaryl/α,β-unsaturated/α-hetero) is 1. The maximum atomic E-state index is 13.0. The fraction of sp³-hybridized carbons (Fsp3) is 0.619. The molecule has 1 aromatic carbocycles. The summed E-state index contributed by atoms with van der Waals surface area (Å²) in [4.78, 5) is 25.0. The first-order valence-electron chi connectivity index (χ1n) is 9.24. The number of rotatable bonds is 9. The lowest BCUT2D eigenvalue weighted by atomic mass is 9.66. The van der Waals surface area contributed by atoms with Crippen LogP contribution in [0.2, 0.25) is 0 Å². The highest BCUT2D eigenvalue weighted by Gasteiger charge is 2.39. The van der Waals surface area contributed by atoms with Crippen LogP contribution in [-0.2, 0) is 9.59 Å². The smallest absolute Gasteiger partial charge is 0.237 e. The average molecular weight is 347 g/mol. The van der Waals surface area contributed by atoms with Gasteiger partial charge < -0.3 is 11.1 Å². The number of hydrogen-bond acceptors (Lipinski definition) is 3. The topological polar surface area (TPSA) is 72.2 Å². The van der Waals surface area contributed by atoms with Crippen LogP contribution >= 0.6 is 0 Å². The van der Waals surface area contributed by atoms with Gasteiger partial charge in [0, 0.05) is 11.8 Å². The minimum Gasteiger partial charge on any atom is -0.348 e. The molecule has 1 rings (SSSR count). The van der Waals surface area contributed by atoms with Gasteiger partial charge in [-0.05, 0) is 30.7 Å². The van der Waals surface area contributed by atoms with E-state index in [1.165, 1.54) is 0 Å². The van der Waals surface area contributed by atoms with Crippen LogP contribution in [0.3, 0.4) is 0 Å². The van der Waals surface area contributed by atoms with Crippen LogP contribution in [-0.4, -0.2) is 17.7 Å². The normalized spacial score (nSPS) is 14.4. The number of carbonyl (C=O) groups excluding carboxylic acids is 2. The van der Waals surface area contributed by atoms with Crippen molar-refractivity contribution in [1.82, 2.24) is 5.32 Å². The number of carbonyl (C=O) groups is 2. The fourth-order valence-electron chi connectivity index (χ4n) is 3.17. The SMILES string of the molecule is CC(C)C(C)(C(=O)CC[C@@H](NC(=O)[C@@H](C)N)c1ccccc1)C(C)C. The van der Waals surface area contributed by atoms with Crippen molar-refractivity contribution < 1.29 is 9.59 Å². The van der Waals surface area contributed by atoms with Crippen LogP contribution in [0.25, 0.3) is 0 Å². The fourth-order valence-corrected chi connectivity index (χ4v) is 3.17. The molecule has 0 unspecified atom stereocenters. The van der Waals surface area contributed by atoms with Gasteiger partial charge in [0.1, 0.15) is 5.78 Å². The minimum absolute atomic E-state index is 0.197. The zero-order chi connectivity index (χ0) is 19.2. The second kappa shape index (κ2) is 9.14. The summed E-state index contributed by atoms with van der Waals surface area (Å²) in [5, 5.41) is 2.98. The van der Waals surface area contributed by atoms with E-state index in [1.54, 1.807) is 6.92 Å². The maximum absolute atomic E-state index is 13.0. The molecule has 0 saturated heterocycles. The summed E-state index contributed by atoms with van der Waals surface area (Å²) in [6.45, 7) is 12.1. The molecule has 3 N–H and O–H groups in total. The van der Waals surface area contributed by atoms with Gasteiger partial charge in [0.25, 0.3) is 0 Å². The Kier molecular flexibility index (Phi) is 7.81. The Hall–Kier alpha value is -1.68. The van der Waals surface area contributed by atoms with Crippen LogP contribution in [0, 0.1) is 17.3 Å². The highest BCUT2D eigenvalue weighted by molar-refractivity contribution is 5.85. The van der Waals surface area contributed by atoms with Crippen LogP contribution in [0.1, 0.15) is 66.0 Å². The molecule has 1 aromatic rings. The molecular weight excluding hydrogens is 312 g/mol. The molecule has 0 aliphatic heterocycles. The second-order valence-electron chi connectivity index (χ2n) is 7.81. The Morgan fingerprint density at radius 3 is 2.00 bits per heavy atom. The van der Waals surface area contributed by atoms with Crippen molar-refractivity contribution in [2.24, 2.45) is 23.0 Å². The zero-order valence-corrected chi connectivity index (χ0v) is 16.5. The number of nitrogens with one attached hydrogen (secondary N) is 1. The Bertz CT molecular complexity index is 557. The van der Waals surface area contributed by atoms with Gasteiger partial charge in [0.15, 0.2) is 0 Å². The van der Waals surface area contributed by atoms with Crippen LogP contribution in [0.5, 0.6) is 0 Å². The molecule has 0 radical (unpaired) electrons. The van der Waals surface area contributed by atoms with E-state index < -0.39 is 6.04 Å². The first-order chi connectivity index (χ1) is 11.6. The average Bonchev–Trinajstić information content (AvgIpc) is 2.57. The van der Waals surface area contributed by atoms with E-state index in [0.717, 1.165) is 5.56 Å². The molecule has 140 valence electrons. The number of hydrogen-bond donors (Lipinski definition) is 2. The van der Waals surface area contributed by atoms with Gasteiger partial charge in [-0.3, -0.25) is 9.59 Å². The summed E-state index contributed by atoms with van der Waals surface area (Å²) >= 11 is 0. The monoisotopic (exact) mass is 346 g/mol. The van der Waals surface area contributed by atoms with E-state index >= 15 is 0 Å². The number of amides is 1. The summed E-state index contributed by atoms with van der Waals surface area (Å²) in [5.41, 5.74) is 6.33. The quantitative estimate of drug-likeness (QED) is 0.713. The number of ketones is 1. The largest absolute Gasteiger partial charge is 0.348 e. The van der Waals surface area contributed by atoms with Gasteiger partial charge in [-0.15, -0.1) is 0 Å². The lowest BCUT2D eigenvalue weighted by Crippen LogP contribution is -2.41. The van der Waals surface area contributed by atoms with Crippen molar-refractivity contribution in [3.05, 3.63) is 35.9 Å². The third kappa shape index (κ3) is 5.40. The number of benzene rings is 1. The van der Waals surface area contributed by atoms with E-state index in [1.807, 2.05) is 30.3 Å². The molecule has 0 bridgehead atoms. The first-order valence-corrected chi connectivity index (χ1v) is 9.24. The Balaban J connectivity index is 2.92. The van der Waals surface area contributed by atoms with Crippen molar-refractivity contribution in [1.29, 1.82) is 0 Å². The molecule has 0 aliphatic carbocycles. The van der Waals surface area contributed by atoms with E-state index in [-0.39, 0.29) is 35.0 Å². The van der Waals surface area contributed by atoms with E-state index in [4.69, 9.17) is 5.73 Å². The predicted octanol–water partition coefficient (Wildman–Crippen LogP) is 3.86. The van der Waals surface area contributed by atoms with Gasteiger partial charge >= 0.3 is 0 Å². The van der Waals surface area contributed by atoms with Crippen molar-refractivity contribution in [2.75, 3.05) is 0 Å². The predicted molar refractivity (Wildman–Crippen MR) is 103 cm³/mol. The lowest BCUT2D eigenvalue weighted by Gasteiger charge is -2.36. The molecule has 0 saturated carbocycles. The van der Waals surface area contributed by atoms with E-state index in [2.05, 4.69) is 39.9 Å². The Morgan fingerprint density at radius 2 is 1.56 bits per heavy atom. The summed E-state index contributed by atoms with van der Waals surface area (Å²) in [7, 11) is 0. The highest BCUT2D eigenvalue weighted by atomic mass is 16.2. The number of nitrogens with two attached hydrogens (primary N) is 1. The van der Waals surface area contributed by atoms with Crippen LogP contribution < -0.4 is 11.1 Å². The first kappa shape index (κ1) is 21.4. The standard InChI is InChI=1S/C21H34N2O2/c1-14(2)21(6,15(3)4)19(24)13-12-18(23-20(25)16(5)22)17-10-8-7-9-11-17/h7-11,14-16,18H,12-13,22H2,1-6H3,(H,23,25)/t16-,18-/m1/s1. The molecule has 25 heavy (non-hydrogen) atoms. The van der Waals surface area contributed by atoms with Gasteiger partial charge in [-0.25, -0.2) is 0 Å². The summed E-state index contributed by atoms with van der Waals surface area (Å²) in [6, 6.07) is 8.99. The van der Waals surface area contributed by atoms with Gasteiger partial charge in [-0.2, -0.15) is 0 Å². The molecular formula is C21H34N2O2. The molecule has 4 heteroatoms. The third-order valence-electron chi connectivity index (χ3n) is 5.59. The minimum atomic E-state index is -0.571. The summed E-state index contributed by atoms with van der Waals surface area (Å²) in [6.07, 6.45) is 1.02. The lowest BCUT2D eigenvalue weighted by molar-refractivity contribution is -0.133. The molecule has 1 amide bonds. The molecule has 2 atom stereocenters. The molecule has 0 heterocycles. The van der Waals surface area contributed by atoms with Gasteiger partial charge in [0.05, 0.1) is 12.1 Å². The van der Waals surface area contributed by atoms with Crippen molar-refractivity contribution >= 4 is 11.7 Å². The highest BCUT2D eigenvalue weighted by Crippen LogP contribution is 2.38. The Morgan fingerprint density at radius 1 is 1.04 bits per heavy atom. The summed E-state index contributed by atoms with van der Waals surface area (Å²) in [5.74, 6) is 0.605. The molecule has 0 aromatic heterocycles. The zero-order valence-electron chi connectivity index (χ0n) is 16.5. The second-order valence-corrected chi connectivity index (χ2v) is 7.81. The maximum Gasteiger partial charge on any atom is 0.237 e. The van der Waals surface area contributed by atoms with Crippen LogP contribution in [0.15, 0.2) is 30.3 Å². The van der Waals surface area contributed by atoms with Crippen molar-refractivity contribution in [2.45, 2.75) is 66.5 Å². The van der Waals surface area contributed by atoms with E-state index in [9.17, 15) is 9.59 Å². The molecule has 0 spiro atoms.